The number of carbonyl (C=O) groups is 4. The summed E-state index contributed by atoms with van der Waals surface area (Å²) in [5.41, 5.74) is 1.34. The van der Waals surface area contributed by atoms with E-state index < -0.39 is 54.7 Å². The van der Waals surface area contributed by atoms with Crippen LogP contribution in [0, 0.1) is 0 Å². The largest absolute Gasteiger partial charge is 0.387 e. The van der Waals surface area contributed by atoms with Gasteiger partial charge in [0.05, 0.1) is 17.5 Å². The third-order valence-corrected chi connectivity index (χ3v) is 6.92. The molecule has 0 radical (unpaired) electrons. The summed E-state index contributed by atoms with van der Waals surface area (Å²) in [5.74, 6) is -2.03. The fraction of sp³-hybridized carbons (Fsp3) is 0.222. The second kappa shape index (κ2) is 10.5. The van der Waals surface area contributed by atoms with Gasteiger partial charge in [0.25, 0.3) is 17.7 Å². The van der Waals surface area contributed by atoms with E-state index in [4.69, 9.17) is 4.74 Å². The van der Waals surface area contributed by atoms with Gasteiger partial charge >= 0.3 is 0 Å². The first-order chi connectivity index (χ1) is 19.8. The average Bonchev–Trinajstić information content (AvgIpc) is 3.62. The van der Waals surface area contributed by atoms with Crippen LogP contribution < -0.4 is 10.6 Å². The molecule has 4 atom stereocenters. The molecule has 4 aromatic rings. The highest BCUT2D eigenvalue weighted by atomic mass is 16.6. The predicted molar refractivity (Wildman–Crippen MR) is 140 cm³/mol. The van der Waals surface area contributed by atoms with Crippen molar-refractivity contribution in [1.29, 1.82) is 0 Å². The monoisotopic (exact) mass is 557 g/mol. The highest BCUT2D eigenvalue weighted by Gasteiger charge is 2.44. The molecule has 0 saturated carbocycles. The second-order valence-corrected chi connectivity index (χ2v) is 9.46. The van der Waals surface area contributed by atoms with E-state index in [2.05, 4.69) is 25.6 Å². The van der Waals surface area contributed by atoms with Crippen molar-refractivity contribution in [2.45, 2.75) is 24.5 Å². The van der Waals surface area contributed by atoms with Gasteiger partial charge in [0, 0.05) is 12.1 Å². The summed E-state index contributed by atoms with van der Waals surface area (Å²) in [6.07, 6.45) is -2.41. The van der Waals surface area contributed by atoms with Crippen molar-refractivity contribution >= 4 is 40.6 Å². The lowest BCUT2D eigenvalue weighted by molar-refractivity contribution is -0.122. The topological polar surface area (TPSA) is 189 Å². The van der Waals surface area contributed by atoms with Gasteiger partial charge in [-0.1, -0.05) is 30.3 Å². The summed E-state index contributed by atoms with van der Waals surface area (Å²) in [6, 6.07) is 14.8. The molecule has 14 heteroatoms. The van der Waals surface area contributed by atoms with Gasteiger partial charge in [-0.2, -0.15) is 0 Å². The standard InChI is InChI=1S/C27H23N7O7/c35-18(11-33-25(39)15-8-4-5-9-16(15)26(33)40)28-10-17-20(36)21(37)27(41-17)34-13-31-19-22(29-12-30-23(19)34)32-24(38)14-6-2-1-3-7-14/h1-9,12-13,17,20-21,27,36-37H,10-11H2,(H,28,35)(H,29,30,32,38)/t17-,20+,21?,27-/m1/s1. The molecular weight excluding hydrogens is 534 g/mol. The molecule has 1 unspecified atom stereocenters. The number of nitrogens with one attached hydrogen (secondary N) is 2. The molecule has 0 bridgehead atoms. The number of aliphatic hydroxyl groups excluding tert-OH is 2. The van der Waals surface area contributed by atoms with Crippen molar-refractivity contribution in [2.24, 2.45) is 0 Å². The Hall–Kier alpha value is -5.05. The third-order valence-electron chi connectivity index (χ3n) is 6.92. The van der Waals surface area contributed by atoms with E-state index >= 15 is 0 Å². The van der Waals surface area contributed by atoms with Gasteiger partial charge in [-0.3, -0.25) is 28.6 Å². The molecule has 4 heterocycles. The van der Waals surface area contributed by atoms with Crippen LogP contribution in [0.5, 0.6) is 0 Å². The SMILES string of the molecule is O=C(CN1C(=O)c2ccccc2C1=O)NC[C@H]1O[C@@H](n2cnc3c(NC(=O)c4ccccc4)ncnc32)C(O)[C@H]1O. The van der Waals surface area contributed by atoms with E-state index in [1.807, 2.05) is 0 Å². The Labute approximate surface area is 231 Å². The van der Waals surface area contributed by atoms with E-state index in [0.29, 0.717) is 5.56 Å². The van der Waals surface area contributed by atoms with Gasteiger partial charge in [-0.15, -0.1) is 0 Å². The number of benzene rings is 2. The Morgan fingerprint density at radius 3 is 2.29 bits per heavy atom. The smallest absolute Gasteiger partial charge is 0.262 e. The van der Waals surface area contributed by atoms with E-state index in [9.17, 15) is 29.4 Å². The predicted octanol–water partition coefficient (Wildman–Crippen LogP) is 0.110. The number of anilines is 1. The maximum atomic E-state index is 12.6. The highest BCUT2D eigenvalue weighted by Crippen LogP contribution is 2.32. The number of rotatable bonds is 7. The van der Waals surface area contributed by atoms with Crippen LogP contribution in [0.3, 0.4) is 0 Å². The first-order valence-electron chi connectivity index (χ1n) is 12.6. The summed E-state index contributed by atoms with van der Waals surface area (Å²) in [5, 5.41) is 26.6. The lowest BCUT2D eigenvalue weighted by Crippen LogP contribution is -2.44. The molecule has 1 fully saturated rings. The van der Waals surface area contributed by atoms with Crippen LogP contribution >= 0.6 is 0 Å². The van der Waals surface area contributed by atoms with Gasteiger partial charge < -0.3 is 25.6 Å². The molecule has 208 valence electrons. The van der Waals surface area contributed by atoms with Gasteiger partial charge in [0.2, 0.25) is 5.91 Å². The second-order valence-electron chi connectivity index (χ2n) is 9.46. The Kier molecular flexibility index (Phi) is 6.70. The summed E-state index contributed by atoms with van der Waals surface area (Å²) < 4.78 is 7.25. The number of aromatic nitrogens is 4. The van der Waals surface area contributed by atoms with Crippen LogP contribution in [0.15, 0.2) is 67.3 Å². The van der Waals surface area contributed by atoms with Crippen molar-refractivity contribution in [3.8, 4) is 0 Å². The van der Waals surface area contributed by atoms with Crippen molar-refractivity contribution in [1.82, 2.24) is 29.7 Å². The normalized spacial score (nSPS) is 21.8. The Balaban J connectivity index is 1.12. The fourth-order valence-corrected chi connectivity index (χ4v) is 4.82. The Morgan fingerprint density at radius 1 is 0.902 bits per heavy atom. The molecule has 4 amide bonds. The van der Waals surface area contributed by atoms with Gasteiger partial charge in [0.1, 0.15) is 31.2 Å². The molecule has 2 aliphatic rings. The van der Waals surface area contributed by atoms with Crippen LogP contribution in [0.2, 0.25) is 0 Å². The van der Waals surface area contributed by atoms with Gasteiger partial charge in [-0.05, 0) is 24.3 Å². The number of carbonyl (C=O) groups excluding carboxylic acids is 4. The van der Waals surface area contributed by atoms with Crippen LogP contribution in [0.25, 0.3) is 11.2 Å². The Bertz CT molecular complexity index is 1640. The highest BCUT2D eigenvalue weighted by molar-refractivity contribution is 6.22. The number of hydrogen-bond donors (Lipinski definition) is 4. The maximum absolute atomic E-state index is 12.6. The average molecular weight is 558 g/mol. The zero-order chi connectivity index (χ0) is 28.7. The number of imidazole rings is 1. The summed E-state index contributed by atoms with van der Waals surface area (Å²) >= 11 is 0. The molecule has 2 aromatic carbocycles. The van der Waals surface area contributed by atoms with Crippen molar-refractivity contribution < 1.29 is 34.1 Å². The minimum atomic E-state index is -1.41. The van der Waals surface area contributed by atoms with Crippen molar-refractivity contribution in [3.63, 3.8) is 0 Å². The first kappa shape index (κ1) is 26.2. The molecule has 2 aliphatic heterocycles. The van der Waals surface area contributed by atoms with Crippen molar-refractivity contribution in [2.75, 3.05) is 18.4 Å². The molecule has 0 aliphatic carbocycles. The maximum Gasteiger partial charge on any atom is 0.262 e. The van der Waals surface area contributed by atoms with Crippen LogP contribution in [-0.2, 0) is 9.53 Å². The molecule has 2 aromatic heterocycles. The van der Waals surface area contributed by atoms with E-state index in [-0.39, 0.29) is 34.7 Å². The first-order valence-corrected chi connectivity index (χ1v) is 12.6. The van der Waals surface area contributed by atoms with E-state index in [0.717, 1.165) is 4.90 Å². The van der Waals surface area contributed by atoms with Crippen LogP contribution in [0.4, 0.5) is 5.82 Å². The van der Waals surface area contributed by atoms with Gasteiger partial charge in [0.15, 0.2) is 23.2 Å². The zero-order valence-corrected chi connectivity index (χ0v) is 21.2. The third kappa shape index (κ3) is 4.69. The zero-order valence-electron chi connectivity index (χ0n) is 21.2. The number of fused-ring (bicyclic) bond motifs is 2. The molecule has 0 spiro atoms. The summed E-state index contributed by atoms with van der Waals surface area (Å²) in [7, 11) is 0. The fourth-order valence-electron chi connectivity index (χ4n) is 4.82. The number of hydrogen-bond acceptors (Lipinski definition) is 10. The quantitative estimate of drug-likeness (QED) is 0.227. The van der Waals surface area contributed by atoms with E-state index in [1.54, 1.807) is 42.5 Å². The minimum absolute atomic E-state index is 0.146. The van der Waals surface area contributed by atoms with Crippen LogP contribution in [-0.4, -0.2) is 89.7 Å². The summed E-state index contributed by atoms with van der Waals surface area (Å²) in [6.45, 7) is -0.724. The van der Waals surface area contributed by atoms with Crippen LogP contribution in [0.1, 0.15) is 37.3 Å². The number of amides is 4. The number of aliphatic hydroxyl groups is 2. The Morgan fingerprint density at radius 2 is 1.59 bits per heavy atom. The molecular formula is C27H23N7O7. The molecule has 4 N–H and O–H groups in total. The molecule has 14 nitrogen and oxygen atoms in total. The lowest BCUT2D eigenvalue weighted by Gasteiger charge is -2.17. The van der Waals surface area contributed by atoms with E-state index in [1.165, 1.54) is 29.4 Å². The number of imide groups is 1. The molecule has 1 saturated heterocycles. The van der Waals surface area contributed by atoms with Gasteiger partial charge in [-0.25, -0.2) is 15.0 Å². The molecule has 6 rings (SSSR count). The minimum Gasteiger partial charge on any atom is -0.387 e. The molecule has 41 heavy (non-hydrogen) atoms. The van der Waals surface area contributed by atoms with Crippen molar-refractivity contribution in [3.05, 3.63) is 83.9 Å². The lowest BCUT2D eigenvalue weighted by atomic mass is 10.1. The number of ether oxygens (including phenoxy) is 1. The number of nitrogens with zero attached hydrogens (tertiary/aromatic N) is 5. The summed E-state index contributed by atoms with van der Waals surface area (Å²) in [4.78, 5) is 63.6.